The van der Waals surface area contributed by atoms with Crippen molar-refractivity contribution in [1.82, 2.24) is 0 Å². The van der Waals surface area contributed by atoms with E-state index < -0.39 is 0 Å². The van der Waals surface area contributed by atoms with Crippen LogP contribution in [0.2, 0.25) is 0 Å². The van der Waals surface area contributed by atoms with Crippen LogP contribution in [0.5, 0.6) is 0 Å². The van der Waals surface area contributed by atoms with Gasteiger partial charge in [-0.05, 0) is 13.8 Å². The summed E-state index contributed by atoms with van der Waals surface area (Å²) in [5, 5.41) is 0. The van der Waals surface area contributed by atoms with Crippen LogP contribution < -0.4 is 0 Å². The average molecular weight is 139 g/mol. The lowest BCUT2D eigenvalue weighted by molar-refractivity contribution is -0.115. The summed E-state index contributed by atoms with van der Waals surface area (Å²) in [6, 6.07) is 0. The quantitative estimate of drug-likeness (QED) is 0.434. The summed E-state index contributed by atoms with van der Waals surface area (Å²) < 4.78 is 0. The fourth-order valence-corrected chi connectivity index (χ4v) is 0.628. The zero-order valence-corrected chi connectivity index (χ0v) is 6.72. The van der Waals surface area contributed by atoms with Gasteiger partial charge in [0, 0.05) is 12.6 Å². The highest BCUT2D eigenvalue weighted by molar-refractivity contribution is 5.95. The number of rotatable bonds is 3. The van der Waals surface area contributed by atoms with E-state index in [4.69, 9.17) is 0 Å². The van der Waals surface area contributed by atoms with E-state index in [0.717, 1.165) is 0 Å². The van der Waals surface area contributed by atoms with Gasteiger partial charge in [0.15, 0.2) is 5.78 Å². The van der Waals surface area contributed by atoms with Crippen molar-refractivity contribution in [3.05, 3.63) is 11.8 Å². The predicted octanol–water partition coefficient (Wildman–Crippen LogP) is 1.96. The molecule has 0 radical (unpaired) electrons. The number of carbonyl (C=O) groups is 1. The molecule has 0 atom stereocenters. The lowest BCUT2D eigenvalue weighted by Gasteiger charge is -1.93. The maximum absolute atomic E-state index is 11.0. The lowest BCUT2D eigenvalue weighted by Crippen LogP contribution is -1.97. The monoisotopic (exact) mass is 139 g/mol. The minimum Gasteiger partial charge on any atom is -0.292 e. The second-order valence-electron chi connectivity index (χ2n) is 1.84. The van der Waals surface area contributed by atoms with Gasteiger partial charge in [-0.25, -0.2) is 0 Å². The number of aliphatic imine (C=N–C) groups is 1. The highest BCUT2D eigenvalue weighted by Gasteiger charge is 2.01. The minimum absolute atomic E-state index is 0.0978. The molecule has 0 bridgehead atoms. The highest BCUT2D eigenvalue weighted by Crippen LogP contribution is 1.99. The first-order valence-electron chi connectivity index (χ1n) is 3.44. The number of Topliss-reactive ketones (excluding diaryl/α,β-unsaturated/α-hetero) is 1. The van der Waals surface area contributed by atoms with E-state index in [9.17, 15) is 4.79 Å². The molecule has 10 heavy (non-hydrogen) atoms. The Kier molecular flexibility index (Phi) is 4.46. The summed E-state index contributed by atoms with van der Waals surface area (Å²) in [4.78, 5) is 14.9. The molecule has 0 spiro atoms. The Bertz CT molecular complexity index is 168. The molecule has 0 aromatic heterocycles. The van der Waals surface area contributed by atoms with Crippen LogP contribution in [0, 0.1) is 0 Å². The Labute approximate surface area is 61.7 Å². The Morgan fingerprint density at radius 2 is 2.10 bits per heavy atom. The van der Waals surface area contributed by atoms with Crippen molar-refractivity contribution in [2.75, 3.05) is 0 Å². The summed E-state index contributed by atoms with van der Waals surface area (Å²) in [5.41, 5.74) is 0.560. The zero-order valence-electron chi connectivity index (χ0n) is 6.72. The van der Waals surface area contributed by atoms with E-state index in [-0.39, 0.29) is 5.78 Å². The summed E-state index contributed by atoms with van der Waals surface area (Å²) in [5.74, 6) is 0.0978. The van der Waals surface area contributed by atoms with Crippen molar-refractivity contribution in [2.24, 2.45) is 4.99 Å². The third-order valence-corrected chi connectivity index (χ3v) is 1.15. The molecule has 2 nitrogen and oxygen atoms in total. The number of hydrogen-bond donors (Lipinski definition) is 0. The van der Waals surface area contributed by atoms with Crippen LogP contribution >= 0.6 is 0 Å². The van der Waals surface area contributed by atoms with Gasteiger partial charge < -0.3 is 0 Å². The van der Waals surface area contributed by atoms with Gasteiger partial charge in [-0.3, -0.25) is 9.79 Å². The summed E-state index contributed by atoms with van der Waals surface area (Å²) in [6.45, 7) is 5.44. The van der Waals surface area contributed by atoms with E-state index in [1.54, 1.807) is 19.2 Å². The van der Waals surface area contributed by atoms with Gasteiger partial charge >= 0.3 is 0 Å². The van der Waals surface area contributed by atoms with Crippen molar-refractivity contribution < 1.29 is 4.79 Å². The smallest absolute Gasteiger partial charge is 0.180 e. The molecule has 2 heteroatoms. The van der Waals surface area contributed by atoms with E-state index in [1.807, 2.05) is 13.8 Å². The molecule has 0 aromatic rings. The van der Waals surface area contributed by atoms with Crippen molar-refractivity contribution in [2.45, 2.75) is 27.2 Å². The Morgan fingerprint density at radius 1 is 1.50 bits per heavy atom. The molecule has 0 unspecified atom stereocenters. The van der Waals surface area contributed by atoms with Gasteiger partial charge in [0.1, 0.15) is 5.70 Å². The average Bonchev–Trinajstić information content (AvgIpc) is 1.99. The van der Waals surface area contributed by atoms with E-state index >= 15 is 0 Å². The first kappa shape index (κ1) is 9.08. The van der Waals surface area contributed by atoms with Crippen molar-refractivity contribution >= 4 is 12.0 Å². The number of carbonyl (C=O) groups excluding carboxylic acids is 1. The van der Waals surface area contributed by atoms with E-state index in [2.05, 4.69) is 4.99 Å². The van der Waals surface area contributed by atoms with Crippen LogP contribution in [0.3, 0.4) is 0 Å². The van der Waals surface area contributed by atoms with Gasteiger partial charge in [-0.1, -0.05) is 13.0 Å². The molecule has 0 aliphatic carbocycles. The molecular weight excluding hydrogens is 126 g/mol. The first-order chi connectivity index (χ1) is 4.76. The Morgan fingerprint density at radius 3 is 2.40 bits per heavy atom. The number of nitrogens with zero attached hydrogens (tertiary/aromatic N) is 1. The molecule has 0 heterocycles. The molecule has 0 aliphatic heterocycles. The van der Waals surface area contributed by atoms with Crippen molar-refractivity contribution in [3.63, 3.8) is 0 Å². The molecule has 0 rings (SSSR count). The standard InChI is InChI=1S/C8H13NO/c1-4-7(9-6-3)8(10)5-2/h4,6H,5H2,1-3H3/b7-4-,9-6?. The largest absolute Gasteiger partial charge is 0.292 e. The molecule has 0 aliphatic rings. The fraction of sp³-hybridized carbons (Fsp3) is 0.500. The van der Waals surface area contributed by atoms with Crippen molar-refractivity contribution in [3.8, 4) is 0 Å². The van der Waals surface area contributed by atoms with Gasteiger partial charge in [0.2, 0.25) is 0 Å². The predicted molar refractivity (Wildman–Crippen MR) is 43.2 cm³/mol. The van der Waals surface area contributed by atoms with Crippen LogP contribution in [0.15, 0.2) is 16.8 Å². The van der Waals surface area contributed by atoms with Gasteiger partial charge in [-0.2, -0.15) is 0 Å². The molecule has 0 saturated carbocycles. The molecular formula is C8H13NO. The maximum Gasteiger partial charge on any atom is 0.180 e. The number of ketones is 1. The van der Waals surface area contributed by atoms with Crippen LogP contribution in [0.4, 0.5) is 0 Å². The second-order valence-corrected chi connectivity index (χ2v) is 1.84. The van der Waals surface area contributed by atoms with E-state index in [0.29, 0.717) is 12.1 Å². The maximum atomic E-state index is 11.0. The summed E-state index contributed by atoms with van der Waals surface area (Å²) >= 11 is 0. The van der Waals surface area contributed by atoms with E-state index in [1.165, 1.54) is 0 Å². The van der Waals surface area contributed by atoms with Crippen LogP contribution in [-0.2, 0) is 4.79 Å². The minimum atomic E-state index is 0.0978. The van der Waals surface area contributed by atoms with Crippen LogP contribution in [-0.4, -0.2) is 12.0 Å². The summed E-state index contributed by atoms with van der Waals surface area (Å²) in [7, 11) is 0. The fourth-order valence-electron chi connectivity index (χ4n) is 0.628. The van der Waals surface area contributed by atoms with Crippen molar-refractivity contribution in [1.29, 1.82) is 0 Å². The first-order valence-corrected chi connectivity index (χ1v) is 3.44. The molecule has 0 fully saturated rings. The molecule has 0 amide bonds. The van der Waals surface area contributed by atoms with Crippen LogP contribution in [0.1, 0.15) is 27.2 Å². The molecule has 0 aromatic carbocycles. The molecule has 56 valence electrons. The molecule has 0 saturated heterocycles. The van der Waals surface area contributed by atoms with Crippen LogP contribution in [0.25, 0.3) is 0 Å². The second kappa shape index (κ2) is 4.91. The number of hydrogen-bond acceptors (Lipinski definition) is 2. The Hall–Kier alpha value is -0.920. The lowest BCUT2D eigenvalue weighted by atomic mass is 10.2. The van der Waals surface area contributed by atoms with Gasteiger partial charge in [0.25, 0.3) is 0 Å². The summed E-state index contributed by atoms with van der Waals surface area (Å²) in [6.07, 6.45) is 3.88. The number of allylic oxidation sites excluding steroid dienone is 2. The normalized spacial score (nSPS) is 12.5. The third-order valence-electron chi connectivity index (χ3n) is 1.15. The Balaban J connectivity index is 4.23. The SMILES string of the molecule is CC=N/C(=C\C)C(=O)CC. The van der Waals surface area contributed by atoms with Gasteiger partial charge in [-0.15, -0.1) is 0 Å². The third kappa shape index (κ3) is 2.58. The topological polar surface area (TPSA) is 29.4 Å². The highest BCUT2D eigenvalue weighted by atomic mass is 16.1. The van der Waals surface area contributed by atoms with Gasteiger partial charge in [0.05, 0.1) is 0 Å². The zero-order chi connectivity index (χ0) is 7.98. The molecule has 0 N–H and O–H groups in total.